The molecule has 0 radical (unpaired) electrons. The molecule has 0 aliphatic rings. The monoisotopic (exact) mass is 227 g/mol. The Bertz CT molecular complexity index is 218. The molecule has 0 fully saturated rings. The highest BCUT2D eigenvalue weighted by Gasteiger charge is 2.06. The summed E-state index contributed by atoms with van der Waals surface area (Å²) < 4.78 is 1.04. The molecule has 0 aliphatic carbocycles. The Kier molecular flexibility index (Phi) is 7.06. The van der Waals surface area contributed by atoms with Crippen LogP contribution in [0.5, 0.6) is 0 Å². The Balaban J connectivity index is 3.40. The van der Waals surface area contributed by atoms with Gasteiger partial charge in [0.05, 0.1) is 27.7 Å². The van der Waals surface area contributed by atoms with Crippen molar-refractivity contribution in [3.63, 3.8) is 0 Å². The van der Waals surface area contributed by atoms with Crippen molar-refractivity contribution < 1.29 is 9.28 Å². The predicted molar refractivity (Wildman–Crippen MR) is 69.2 cm³/mol. The van der Waals surface area contributed by atoms with Crippen LogP contribution < -0.4 is 0 Å². The number of likely N-dealkylation sites (N-methyl/N-ethyl adjacent to an activating group) is 1. The van der Waals surface area contributed by atoms with Crippen molar-refractivity contribution in [2.24, 2.45) is 0 Å². The van der Waals surface area contributed by atoms with Crippen LogP contribution in [0.25, 0.3) is 0 Å². The maximum Gasteiger partial charge on any atom is 0.245 e. The molecule has 0 unspecified atom stereocenters. The zero-order valence-corrected chi connectivity index (χ0v) is 11.3. The van der Waals surface area contributed by atoms with Gasteiger partial charge in [0.2, 0.25) is 5.91 Å². The van der Waals surface area contributed by atoms with Gasteiger partial charge in [0.25, 0.3) is 0 Å². The molecule has 1 amide bonds. The lowest BCUT2D eigenvalue weighted by Crippen LogP contribution is -2.35. The second-order valence-electron chi connectivity index (χ2n) is 5.39. The van der Waals surface area contributed by atoms with Gasteiger partial charge in [-0.3, -0.25) is 4.79 Å². The first-order valence-electron chi connectivity index (χ1n) is 6.05. The van der Waals surface area contributed by atoms with E-state index in [9.17, 15) is 4.79 Å². The number of carbonyl (C=O) groups is 1. The molecule has 0 atom stereocenters. The van der Waals surface area contributed by atoms with Crippen LogP contribution in [0.4, 0.5) is 0 Å². The lowest BCUT2D eigenvalue weighted by molar-refractivity contribution is -0.870. The highest BCUT2D eigenvalue weighted by atomic mass is 16.2. The standard InChI is InChI=1S/C13H27N2O/c1-6-13(16)14(2)11-9-7-8-10-12-15(3,4)5/h6H,1,7-12H2,2-5H3/q+1. The molecule has 0 bridgehead atoms. The summed E-state index contributed by atoms with van der Waals surface area (Å²) in [7, 11) is 8.49. The number of unbranched alkanes of at least 4 members (excludes halogenated alkanes) is 3. The van der Waals surface area contributed by atoms with E-state index in [0.717, 1.165) is 17.4 Å². The van der Waals surface area contributed by atoms with Gasteiger partial charge in [-0.15, -0.1) is 0 Å². The number of quaternary nitrogens is 1. The summed E-state index contributed by atoms with van der Waals surface area (Å²) in [5.74, 6) is 0.0198. The van der Waals surface area contributed by atoms with Gasteiger partial charge >= 0.3 is 0 Å². The predicted octanol–water partition coefficient (Wildman–Crippen LogP) is 1.90. The minimum Gasteiger partial charge on any atom is -0.342 e. The van der Waals surface area contributed by atoms with E-state index in [0.29, 0.717) is 0 Å². The minimum absolute atomic E-state index is 0.0198. The average Bonchev–Trinajstić information content (AvgIpc) is 2.20. The Morgan fingerprint density at radius 3 is 2.25 bits per heavy atom. The van der Waals surface area contributed by atoms with Gasteiger partial charge in [-0.1, -0.05) is 13.0 Å². The van der Waals surface area contributed by atoms with Crippen LogP contribution in [-0.4, -0.2) is 56.6 Å². The molecular weight excluding hydrogens is 200 g/mol. The third-order valence-corrected chi connectivity index (χ3v) is 2.62. The van der Waals surface area contributed by atoms with E-state index in [-0.39, 0.29) is 5.91 Å². The number of hydrogen-bond donors (Lipinski definition) is 0. The lowest BCUT2D eigenvalue weighted by atomic mass is 10.2. The van der Waals surface area contributed by atoms with Crippen molar-refractivity contribution in [3.05, 3.63) is 12.7 Å². The molecule has 0 aromatic rings. The first-order valence-corrected chi connectivity index (χ1v) is 6.05. The molecular formula is C13H27N2O+. The van der Waals surface area contributed by atoms with Gasteiger partial charge in [-0.05, 0) is 25.3 Å². The number of rotatable bonds is 8. The molecule has 0 rings (SSSR count). The lowest BCUT2D eigenvalue weighted by Gasteiger charge is -2.23. The maximum absolute atomic E-state index is 11.2. The second kappa shape index (κ2) is 7.44. The smallest absolute Gasteiger partial charge is 0.245 e. The van der Waals surface area contributed by atoms with E-state index < -0.39 is 0 Å². The summed E-state index contributed by atoms with van der Waals surface area (Å²) in [6.07, 6.45) is 6.19. The molecule has 94 valence electrons. The zero-order valence-electron chi connectivity index (χ0n) is 11.3. The summed E-state index contributed by atoms with van der Waals surface area (Å²) >= 11 is 0. The fourth-order valence-electron chi connectivity index (χ4n) is 1.55. The molecule has 0 aliphatic heterocycles. The minimum atomic E-state index is 0.0198. The van der Waals surface area contributed by atoms with E-state index in [2.05, 4.69) is 27.7 Å². The number of carbonyl (C=O) groups excluding carboxylic acids is 1. The van der Waals surface area contributed by atoms with Gasteiger partial charge in [-0.25, -0.2) is 0 Å². The molecule has 16 heavy (non-hydrogen) atoms. The Labute approximate surface area is 100 Å². The van der Waals surface area contributed by atoms with Crippen LogP contribution in [0.15, 0.2) is 12.7 Å². The summed E-state index contributed by atoms with van der Waals surface area (Å²) in [6, 6.07) is 0. The van der Waals surface area contributed by atoms with Crippen LogP contribution in [0.2, 0.25) is 0 Å². The molecule has 0 saturated heterocycles. The van der Waals surface area contributed by atoms with E-state index in [4.69, 9.17) is 0 Å². The van der Waals surface area contributed by atoms with Crippen molar-refractivity contribution >= 4 is 5.91 Å². The van der Waals surface area contributed by atoms with Crippen molar-refractivity contribution in [3.8, 4) is 0 Å². The molecule has 3 nitrogen and oxygen atoms in total. The van der Waals surface area contributed by atoms with Crippen molar-refractivity contribution in [1.29, 1.82) is 0 Å². The average molecular weight is 227 g/mol. The van der Waals surface area contributed by atoms with Crippen LogP contribution in [0, 0.1) is 0 Å². The SMILES string of the molecule is C=CC(=O)N(C)CCCCCC[N+](C)(C)C. The van der Waals surface area contributed by atoms with Gasteiger partial charge in [0.1, 0.15) is 0 Å². The molecule has 0 N–H and O–H groups in total. The third-order valence-electron chi connectivity index (χ3n) is 2.62. The highest BCUT2D eigenvalue weighted by Crippen LogP contribution is 2.04. The van der Waals surface area contributed by atoms with Crippen molar-refractivity contribution in [2.75, 3.05) is 41.3 Å². The number of nitrogens with zero attached hydrogens (tertiary/aromatic N) is 2. The maximum atomic E-state index is 11.2. The first-order chi connectivity index (χ1) is 7.37. The molecule has 0 spiro atoms. The summed E-state index contributed by atoms with van der Waals surface area (Å²) in [4.78, 5) is 12.9. The van der Waals surface area contributed by atoms with E-state index >= 15 is 0 Å². The molecule has 0 saturated carbocycles. The van der Waals surface area contributed by atoms with Crippen LogP contribution in [0.3, 0.4) is 0 Å². The van der Waals surface area contributed by atoms with Crippen LogP contribution >= 0.6 is 0 Å². The normalized spacial score (nSPS) is 11.2. The van der Waals surface area contributed by atoms with Crippen molar-refractivity contribution in [1.82, 2.24) is 4.90 Å². The van der Waals surface area contributed by atoms with Gasteiger partial charge in [0.15, 0.2) is 0 Å². The zero-order chi connectivity index (χ0) is 12.6. The molecule has 0 aromatic carbocycles. The molecule has 0 aromatic heterocycles. The van der Waals surface area contributed by atoms with E-state index in [1.54, 1.807) is 4.90 Å². The largest absolute Gasteiger partial charge is 0.342 e. The summed E-state index contributed by atoms with van der Waals surface area (Å²) in [6.45, 7) is 5.54. The van der Waals surface area contributed by atoms with Gasteiger partial charge in [-0.2, -0.15) is 0 Å². The van der Waals surface area contributed by atoms with E-state index in [1.165, 1.54) is 31.9 Å². The van der Waals surface area contributed by atoms with Crippen LogP contribution in [-0.2, 0) is 4.79 Å². The Morgan fingerprint density at radius 1 is 1.19 bits per heavy atom. The van der Waals surface area contributed by atoms with Gasteiger partial charge in [0, 0.05) is 13.6 Å². The fraction of sp³-hybridized carbons (Fsp3) is 0.769. The van der Waals surface area contributed by atoms with E-state index in [1.807, 2.05) is 7.05 Å². The summed E-state index contributed by atoms with van der Waals surface area (Å²) in [5.41, 5.74) is 0. The third kappa shape index (κ3) is 8.48. The van der Waals surface area contributed by atoms with Crippen LogP contribution in [0.1, 0.15) is 25.7 Å². The van der Waals surface area contributed by atoms with Gasteiger partial charge < -0.3 is 9.38 Å². The van der Waals surface area contributed by atoms with Crippen molar-refractivity contribution in [2.45, 2.75) is 25.7 Å². The molecule has 0 heterocycles. The Morgan fingerprint density at radius 2 is 1.75 bits per heavy atom. The Hall–Kier alpha value is -0.830. The number of hydrogen-bond acceptors (Lipinski definition) is 1. The summed E-state index contributed by atoms with van der Waals surface area (Å²) in [5, 5.41) is 0. The topological polar surface area (TPSA) is 20.3 Å². The first kappa shape index (κ1) is 15.2. The number of amides is 1. The fourth-order valence-corrected chi connectivity index (χ4v) is 1.55. The highest BCUT2D eigenvalue weighted by molar-refractivity contribution is 5.86. The second-order valence-corrected chi connectivity index (χ2v) is 5.39. The quantitative estimate of drug-likeness (QED) is 0.352. The molecule has 3 heteroatoms.